The summed E-state index contributed by atoms with van der Waals surface area (Å²) < 4.78 is 0. The zero-order valence-electron chi connectivity index (χ0n) is 11.7. The summed E-state index contributed by atoms with van der Waals surface area (Å²) in [5, 5.41) is 6.79. The molecule has 0 spiro atoms. The third-order valence-electron chi connectivity index (χ3n) is 4.51. The maximum Gasteiger partial charge on any atom is 0.191 e. The fraction of sp³-hybridized carbons (Fsp3) is 0.929. The fourth-order valence-electron chi connectivity index (χ4n) is 3.60. The van der Waals surface area contributed by atoms with Crippen LogP contribution in [0.25, 0.3) is 0 Å². The van der Waals surface area contributed by atoms with Crippen molar-refractivity contribution in [3.8, 4) is 0 Å². The average Bonchev–Trinajstić information content (AvgIpc) is 2.99. The minimum atomic E-state index is 0.965. The van der Waals surface area contributed by atoms with E-state index in [4.69, 9.17) is 0 Å². The highest BCUT2D eigenvalue weighted by Gasteiger charge is 2.38. The van der Waals surface area contributed by atoms with Crippen molar-refractivity contribution in [2.24, 2.45) is 22.7 Å². The third-order valence-corrected chi connectivity index (χ3v) is 5.13. The van der Waals surface area contributed by atoms with Crippen LogP contribution in [0.5, 0.6) is 0 Å². The summed E-state index contributed by atoms with van der Waals surface area (Å²) in [4.78, 5) is 4.26. The topological polar surface area (TPSA) is 36.4 Å². The van der Waals surface area contributed by atoms with E-state index in [0.717, 1.165) is 42.6 Å². The van der Waals surface area contributed by atoms with Gasteiger partial charge >= 0.3 is 0 Å². The second-order valence-electron chi connectivity index (χ2n) is 5.64. The molecule has 0 amide bonds. The molecular formula is C14H27N3S. The lowest BCUT2D eigenvalue weighted by atomic mass is 9.86. The van der Waals surface area contributed by atoms with Crippen LogP contribution in [-0.4, -0.2) is 38.1 Å². The predicted octanol–water partition coefficient (Wildman–Crippen LogP) is 2.34. The van der Waals surface area contributed by atoms with E-state index in [9.17, 15) is 0 Å². The zero-order valence-corrected chi connectivity index (χ0v) is 12.6. The number of guanidine groups is 1. The lowest BCUT2D eigenvalue weighted by Gasteiger charge is -2.22. The molecule has 0 aromatic rings. The van der Waals surface area contributed by atoms with Crippen molar-refractivity contribution >= 4 is 17.7 Å². The zero-order chi connectivity index (χ0) is 12.8. The first-order valence-electron chi connectivity index (χ1n) is 7.27. The summed E-state index contributed by atoms with van der Waals surface area (Å²) in [5.41, 5.74) is 0. The van der Waals surface area contributed by atoms with Crippen molar-refractivity contribution in [2.75, 3.05) is 32.1 Å². The Balaban J connectivity index is 1.59. The largest absolute Gasteiger partial charge is 0.356 e. The molecule has 0 saturated heterocycles. The van der Waals surface area contributed by atoms with Gasteiger partial charge in [-0.1, -0.05) is 6.42 Å². The maximum absolute atomic E-state index is 4.26. The van der Waals surface area contributed by atoms with E-state index in [1.54, 1.807) is 0 Å². The summed E-state index contributed by atoms with van der Waals surface area (Å²) in [7, 11) is 1.85. The van der Waals surface area contributed by atoms with Crippen molar-refractivity contribution < 1.29 is 0 Å². The van der Waals surface area contributed by atoms with E-state index in [0.29, 0.717) is 0 Å². The molecule has 2 bridgehead atoms. The molecule has 4 heteroatoms. The summed E-state index contributed by atoms with van der Waals surface area (Å²) >= 11 is 1.86. The lowest BCUT2D eigenvalue weighted by molar-refractivity contribution is 0.315. The first-order chi connectivity index (χ1) is 8.83. The molecule has 2 fully saturated rings. The van der Waals surface area contributed by atoms with Crippen LogP contribution in [0.15, 0.2) is 4.99 Å². The average molecular weight is 269 g/mol. The van der Waals surface area contributed by atoms with Crippen LogP contribution in [0.2, 0.25) is 0 Å². The molecule has 2 N–H and O–H groups in total. The highest BCUT2D eigenvalue weighted by molar-refractivity contribution is 7.98. The lowest BCUT2D eigenvalue weighted by Crippen LogP contribution is -2.39. The molecule has 3 atom stereocenters. The van der Waals surface area contributed by atoms with Gasteiger partial charge in [0.1, 0.15) is 0 Å². The smallest absolute Gasteiger partial charge is 0.191 e. The highest BCUT2D eigenvalue weighted by atomic mass is 32.2. The van der Waals surface area contributed by atoms with Crippen molar-refractivity contribution in [3.05, 3.63) is 0 Å². The number of fused-ring (bicyclic) bond motifs is 2. The van der Waals surface area contributed by atoms with Crippen LogP contribution in [0.1, 0.15) is 32.1 Å². The molecule has 2 rings (SSSR count). The van der Waals surface area contributed by atoms with Crippen molar-refractivity contribution in [2.45, 2.75) is 32.1 Å². The van der Waals surface area contributed by atoms with Crippen LogP contribution in [0.4, 0.5) is 0 Å². The standard InChI is InChI=1S/C14H27N3S/c1-15-14(17-7-8-18-2)16-6-5-13-10-11-3-4-12(13)9-11/h11-13H,3-10H2,1-2H3,(H2,15,16,17). The minimum absolute atomic E-state index is 0.965. The Kier molecular flexibility index (Phi) is 5.67. The van der Waals surface area contributed by atoms with Crippen molar-refractivity contribution in [1.29, 1.82) is 0 Å². The Labute approximate surface area is 116 Å². The number of nitrogens with zero attached hydrogens (tertiary/aromatic N) is 1. The van der Waals surface area contributed by atoms with Gasteiger partial charge in [-0.05, 0) is 49.7 Å². The van der Waals surface area contributed by atoms with Crippen LogP contribution in [-0.2, 0) is 0 Å². The van der Waals surface area contributed by atoms with Crippen LogP contribution in [0.3, 0.4) is 0 Å². The van der Waals surface area contributed by atoms with E-state index in [-0.39, 0.29) is 0 Å². The first kappa shape index (κ1) is 14.0. The maximum atomic E-state index is 4.26. The Morgan fingerprint density at radius 2 is 2.06 bits per heavy atom. The van der Waals surface area contributed by atoms with Crippen molar-refractivity contribution in [3.63, 3.8) is 0 Å². The second kappa shape index (κ2) is 7.27. The quantitative estimate of drug-likeness (QED) is 0.441. The fourth-order valence-corrected chi connectivity index (χ4v) is 3.90. The molecule has 2 saturated carbocycles. The molecule has 0 radical (unpaired) electrons. The highest BCUT2D eigenvalue weighted by Crippen LogP contribution is 2.49. The van der Waals surface area contributed by atoms with Gasteiger partial charge in [0.25, 0.3) is 0 Å². The molecule has 0 aromatic carbocycles. The van der Waals surface area contributed by atoms with Gasteiger partial charge in [-0.2, -0.15) is 11.8 Å². The monoisotopic (exact) mass is 269 g/mol. The molecule has 2 aliphatic rings. The summed E-state index contributed by atoms with van der Waals surface area (Å²) in [5.74, 6) is 5.20. The normalized spacial score (nSPS) is 30.8. The van der Waals surface area contributed by atoms with Crippen molar-refractivity contribution in [1.82, 2.24) is 10.6 Å². The van der Waals surface area contributed by atoms with Gasteiger partial charge in [0.15, 0.2) is 5.96 Å². The Hall–Kier alpha value is -0.380. The van der Waals surface area contributed by atoms with Crippen LogP contribution >= 0.6 is 11.8 Å². The van der Waals surface area contributed by atoms with Crippen LogP contribution < -0.4 is 10.6 Å². The number of hydrogen-bond acceptors (Lipinski definition) is 2. The third kappa shape index (κ3) is 3.81. The van der Waals surface area contributed by atoms with Gasteiger partial charge in [0, 0.05) is 25.9 Å². The van der Waals surface area contributed by atoms with E-state index in [2.05, 4.69) is 21.9 Å². The number of thioether (sulfide) groups is 1. The predicted molar refractivity (Wildman–Crippen MR) is 81.3 cm³/mol. The minimum Gasteiger partial charge on any atom is -0.356 e. The van der Waals surface area contributed by atoms with Gasteiger partial charge in [-0.3, -0.25) is 4.99 Å². The molecule has 104 valence electrons. The number of rotatable bonds is 6. The molecule has 0 aliphatic heterocycles. The number of aliphatic imine (C=N–C) groups is 1. The molecule has 3 nitrogen and oxygen atoms in total. The van der Waals surface area contributed by atoms with Gasteiger partial charge < -0.3 is 10.6 Å². The van der Waals surface area contributed by atoms with E-state index in [1.807, 2.05) is 18.8 Å². The summed E-state index contributed by atoms with van der Waals surface area (Å²) in [6.45, 7) is 2.07. The summed E-state index contributed by atoms with van der Waals surface area (Å²) in [6, 6.07) is 0. The SMILES string of the molecule is CN=C(NCCSC)NCCC1CC2CCC1C2. The van der Waals surface area contributed by atoms with Gasteiger partial charge in [-0.15, -0.1) is 0 Å². The van der Waals surface area contributed by atoms with Gasteiger partial charge in [0.2, 0.25) is 0 Å². The Morgan fingerprint density at radius 3 is 2.67 bits per heavy atom. The molecule has 0 aromatic heterocycles. The van der Waals surface area contributed by atoms with Gasteiger partial charge in [-0.25, -0.2) is 0 Å². The Bertz CT molecular complexity index is 280. The first-order valence-corrected chi connectivity index (χ1v) is 8.66. The van der Waals surface area contributed by atoms with Crippen LogP contribution in [0, 0.1) is 17.8 Å². The molecule has 3 unspecified atom stereocenters. The van der Waals surface area contributed by atoms with E-state index in [1.165, 1.54) is 32.1 Å². The molecule has 18 heavy (non-hydrogen) atoms. The molecular weight excluding hydrogens is 242 g/mol. The van der Waals surface area contributed by atoms with E-state index < -0.39 is 0 Å². The molecule has 2 aliphatic carbocycles. The Morgan fingerprint density at radius 1 is 1.22 bits per heavy atom. The van der Waals surface area contributed by atoms with Gasteiger partial charge in [0.05, 0.1) is 0 Å². The molecule has 0 heterocycles. The number of hydrogen-bond donors (Lipinski definition) is 2. The van der Waals surface area contributed by atoms with E-state index >= 15 is 0 Å². The number of nitrogens with one attached hydrogen (secondary N) is 2. The summed E-state index contributed by atoms with van der Waals surface area (Å²) in [6.07, 6.45) is 9.47. The second-order valence-corrected chi connectivity index (χ2v) is 6.63.